The van der Waals surface area contributed by atoms with E-state index in [9.17, 15) is 19.2 Å². The van der Waals surface area contributed by atoms with Gasteiger partial charge in [-0.3, -0.25) is 19.3 Å². The number of imide groups is 2. The minimum atomic E-state index is -0.962. The second-order valence-corrected chi connectivity index (χ2v) is 6.03. The number of amides is 5. The number of benzene rings is 1. The summed E-state index contributed by atoms with van der Waals surface area (Å²) in [6.07, 6.45) is 3.05. The first-order valence-corrected chi connectivity index (χ1v) is 8.17. The third-order valence-electron chi connectivity index (χ3n) is 4.50. The van der Waals surface area contributed by atoms with Crippen LogP contribution in [-0.2, 0) is 14.4 Å². The molecule has 3 rings (SSSR count). The summed E-state index contributed by atoms with van der Waals surface area (Å²) < 4.78 is 0. The molecule has 0 saturated carbocycles. The van der Waals surface area contributed by atoms with E-state index in [-0.39, 0.29) is 18.5 Å². The van der Waals surface area contributed by atoms with Gasteiger partial charge in [0.05, 0.1) is 6.04 Å². The molecule has 0 radical (unpaired) electrons. The Morgan fingerprint density at radius 3 is 2.48 bits per heavy atom. The minimum Gasteiger partial charge on any atom is -0.334 e. The lowest BCUT2D eigenvalue weighted by molar-refractivity contribution is -0.145. The highest BCUT2D eigenvalue weighted by molar-refractivity contribution is 6.45. The van der Waals surface area contributed by atoms with Crippen LogP contribution in [0.25, 0.3) is 0 Å². The Morgan fingerprint density at radius 2 is 1.80 bits per heavy atom. The van der Waals surface area contributed by atoms with Crippen LogP contribution in [-0.4, -0.2) is 58.1 Å². The van der Waals surface area contributed by atoms with Gasteiger partial charge in [-0.2, -0.15) is 0 Å². The van der Waals surface area contributed by atoms with Crippen molar-refractivity contribution in [3.05, 3.63) is 48.6 Å². The molecule has 1 atom stereocenters. The van der Waals surface area contributed by atoms with Crippen LogP contribution in [0.15, 0.2) is 43.0 Å². The SMILES string of the molecule is C=CCN1C(=O)C(=O)N(CC(=O)N2CCCC2c2ccccc2)C1=O. The molecule has 0 aliphatic carbocycles. The number of carbonyl (C=O) groups is 4. The molecule has 130 valence electrons. The predicted octanol–water partition coefficient (Wildman–Crippen LogP) is 1.33. The summed E-state index contributed by atoms with van der Waals surface area (Å²) in [5, 5.41) is 0. The number of nitrogens with zero attached hydrogens (tertiary/aromatic N) is 3. The lowest BCUT2D eigenvalue weighted by Gasteiger charge is -2.26. The summed E-state index contributed by atoms with van der Waals surface area (Å²) in [6.45, 7) is 3.56. The van der Waals surface area contributed by atoms with Gasteiger partial charge >= 0.3 is 17.8 Å². The maximum absolute atomic E-state index is 12.7. The summed E-state index contributed by atoms with van der Waals surface area (Å²) in [6, 6.07) is 8.81. The van der Waals surface area contributed by atoms with E-state index in [0.717, 1.165) is 23.3 Å². The van der Waals surface area contributed by atoms with E-state index in [4.69, 9.17) is 0 Å². The van der Waals surface area contributed by atoms with Crippen molar-refractivity contribution in [2.24, 2.45) is 0 Å². The number of carbonyl (C=O) groups excluding carboxylic acids is 4. The van der Waals surface area contributed by atoms with Crippen molar-refractivity contribution in [3.63, 3.8) is 0 Å². The summed E-state index contributed by atoms with van der Waals surface area (Å²) in [5.74, 6) is -2.21. The van der Waals surface area contributed by atoms with E-state index in [2.05, 4.69) is 6.58 Å². The molecule has 2 aliphatic heterocycles. The Morgan fingerprint density at radius 1 is 1.12 bits per heavy atom. The first kappa shape index (κ1) is 16.9. The molecule has 2 saturated heterocycles. The maximum atomic E-state index is 12.7. The molecule has 0 N–H and O–H groups in total. The van der Waals surface area contributed by atoms with Crippen molar-refractivity contribution in [2.45, 2.75) is 18.9 Å². The molecule has 2 aliphatic rings. The molecule has 1 aromatic rings. The Labute approximate surface area is 145 Å². The Hall–Kier alpha value is -2.96. The molecule has 7 heteroatoms. The average Bonchev–Trinajstić information content (AvgIpc) is 3.19. The zero-order valence-electron chi connectivity index (χ0n) is 13.8. The molecule has 25 heavy (non-hydrogen) atoms. The summed E-state index contributed by atoms with van der Waals surface area (Å²) in [7, 11) is 0. The quantitative estimate of drug-likeness (QED) is 0.460. The summed E-state index contributed by atoms with van der Waals surface area (Å²) >= 11 is 0. The van der Waals surface area contributed by atoms with E-state index in [0.29, 0.717) is 11.4 Å². The molecule has 0 aromatic heterocycles. The second kappa shape index (κ2) is 6.88. The Kier molecular flexibility index (Phi) is 4.65. The lowest BCUT2D eigenvalue weighted by atomic mass is 10.0. The smallest absolute Gasteiger partial charge is 0.334 e. The van der Waals surface area contributed by atoms with Gasteiger partial charge in [-0.1, -0.05) is 36.4 Å². The van der Waals surface area contributed by atoms with Crippen molar-refractivity contribution in [1.29, 1.82) is 0 Å². The molecule has 2 heterocycles. The van der Waals surface area contributed by atoms with Crippen LogP contribution in [0.4, 0.5) is 4.79 Å². The van der Waals surface area contributed by atoms with Crippen molar-refractivity contribution in [2.75, 3.05) is 19.6 Å². The highest BCUT2D eigenvalue weighted by Crippen LogP contribution is 2.32. The number of hydrogen-bond acceptors (Lipinski definition) is 4. The van der Waals surface area contributed by atoms with Gasteiger partial charge in [0, 0.05) is 13.1 Å². The van der Waals surface area contributed by atoms with E-state index in [1.165, 1.54) is 6.08 Å². The zero-order chi connectivity index (χ0) is 18.0. The molecule has 0 spiro atoms. The van der Waals surface area contributed by atoms with E-state index in [1.807, 2.05) is 30.3 Å². The van der Waals surface area contributed by atoms with Crippen molar-refractivity contribution in [3.8, 4) is 0 Å². The van der Waals surface area contributed by atoms with Gasteiger partial charge in [0.15, 0.2) is 0 Å². The molecule has 5 amide bonds. The fraction of sp³-hybridized carbons (Fsp3) is 0.333. The number of urea groups is 1. The van der Waals surface area contributed by atoms with Crippen LogP contribution in [0.2, 0.25) is 0 Å². The fourth-order valence-corrected chi connectivity index (χ4v) is 3.29. The highest BCUT2D eigenvalue weighted by atomic mass is 16.2. The van der Waals surface area contributed by atoms with Gasteiger partial charge in [0.1, 0.15) is 6.54 Å². The largest absolute Gasteiger partial charge is 0.335 e. The van der Waals surface area contributed by atoms with Crippen LogP contribution in [0, 0.1) is 0 Å². The fourth-order valence-electron chi connectivity index (χ4n) is 3.29. The third-order valence-corrected chi connectivity index (χ3v) is 4.50. The normalized spacial score (nSPS) is 20.6. The van der Waals surface area contributed by atoms with Gasteiger partial charge < -0.3 is 4.90 Å². The second-order valence-electron chi connectivity index (χ2n) is 6.03. The van der Waals surface area contributed by atoms with E-state index < -0.39 is 24.4 Å². The van der Waals surface area contributed by atoms with Crippen molar-refractivity contribution < 1.29 is 19.2 Å². The number of likely N-dealkylation sites (tertiary alicyclic amines) is 1. The van der Waals surface area contributed by atoms with Crippen LogP contribution in [0.1, 0.15) is 24.4 Å². The molecular formula is C18H19N3O4. The molecule has 1 aromatic carbocycles. The Balaban J connectivity index is 1.73. The summed E-state index contributed by atoms with van der Waals surface area (Å²) in [5.41, 5.74) is 1.02. The lowest BCUT2D eigenvalue weighted by Crippen LogP contribution is -2.43. The highest BCUT2D eigenvalue weighted by Gasteiger charge is 2.45. The van der Waals surface area contributed by atoms with Crippen LogP contribution < -0.4 is 0 Å². The van der Waals surface area contributed by atoms with Gasteiger partial charge in [-0.25, -0.2) is 9.69 Å². The topological polar surface area (TPSA) is 78.0 Å². The van der Waals surface area contributed by atoms with Gasteiger partial charge in [-0.05, 0) is 18.4 Å². The predicted molar refractivity (Wildman–Crippen MR) is 89.1 cm³/mol. The number of hydrogen-bond donors (Lipinski definition) is 0. The Bertz CT molecular complexity index is 731. The monoisotopic (exact) mass is 341 g/mol. The third kappa shape index (κ3) is 3.05. The van der Waals surface area contributed by atoms with Crippen molar-refractivity contribution in [1.82, 2.24) is 14.7 Å². The van der Waals surface area contributed by atoms with Crippen LogP contribution in [0.3, 0.4) is 0 Å². The molecule has 7 nitrogen and oxygen atoms in total. The average molecular weight is 341 g/mol. The molecular weight excluding hydrogens is 322 g/mol. The van der Waals surface area contributed by atoms with Crippen LogP contribution in [0.5, 0.6) is 0 Å². The molecule has 2 fully saturated rings. The molecule has 0 bridgehead atoms. The number of rotatable bonds is 5. The van der Waals surface area contributed by atoms with Gasteiger partial charge in [0.25, 0.3) is 0 Å². The van der Waals surface area contributed by atoms with Gasteiger partial charge in [-0.15, -0.1) is 6.58 Å². The standard InChI is InChI=1S/C18H19N3O4/c1-2-10-20-16(23)17(24)21(18(20)25)12-15(22)19-11-6-9-14(19)13-7-4-3-5-8-13/h2-5,7-8,14H,1,6,9-12H2. The first-order valence-electron chi connectivity index (χ1n) is 8.17. The molecule has 1 unspecified atom stereocenters. The zero-order valence-corrected chi connectivity index (χ0v) is 13.8. The summed E-state index contributed by atoms with van der Waals surface area (Å²) in [4.78, 5) is 51.9. The maximum Gasteiger partial charge on any atom is 0.335 e. The first-order chi connectivity index (χ1) is 12.0. The van der Waals surface area contributed by atoms with Gasteiger partial charge in [0.2, 0.25) is 5.91 Å². The minimum absolute atomic E-state index is 0.0511. The van der Waals surface area contributed by atoms with Crippen molar-refractivity contribution >= 4 is 23.8 Å². The van der Waals surface area contributed by atoms with E-state index >= 15 is 0 Å². The van der Waals surface area contributed by atoms with Crippen LogP contribution >= 0.6 is 0 Å². The van der Waals surface area contributed by atoms with E-state index in [1.54, 1.807) is 4.90 Å².